The Labute approximate surface area is 145 Å². The smallest absolute Gasteiger partial charge is 0.0958 e. The van der Waals surface area contributed by atoms with E-state index in [1.807, 2.05) is 0 Å². The predicted molar refractivity (Wildman–Crippen MR) is 96.9 cm³/mol. The minimum Gasteiger partial charge on any atom is -0.379 e. The largest absolute Gasteiger partial charge is 0.379 e. The standard InChI is InChI=1S/C20H30N2O2/c1-23-20-14-24-12-9-19(20)21-17-7-10-22(11-8-17)18-6-5-15-3-2-4-16(15)13-18/h5-6,13,17,19-21H,2-4,7-12,14H2,1H3/t19-,20-/m1/s1. The monoisotopic (exact) mass is 330 g/mol. The van der Waals surface area contributed by atoms with Crippen LogP contribution in [-0.4, -0.2) is 51.6 Å². The molecule has 0 bridgehead atoms. The minimum absolute atomic E-state index is 0.202. The molecule has 24 heavy (non-hydrogen) atoms. The van der Waals surface area contributed by atoms with Gasteiger partial charge in [-0.1, -0.05) is 6.07 Å². The molecule has 0 spiro atoms. The molecule has 1 aromatic rings. The zero-order chi connectivity index (χ0) is 16.4. The fraction of sp³-hybridized carbons (Fsp3) is 0.700. The molecule has 2 atom stereocenters. The molecule has 2 aliphatic heterocycles. The molecule has 0 amide bonds. The molecule has 0 unspecified atom stereocenters. The van der Waals surface area contributed by atoms with Crippen LogP contribution in [0.1, 0.15) is 36.8 Å². The van der Waals surface area contributed by atoms with E-state index in [9.17, 15) is 0 Å². The number of methoxy groups -OCH3 is 1. The SMILES string of the molecule is CO[C@@H]1COCC[C@H]1NC1CCN(c2ccc3c(c2)CCC3)CC1. The van der Waals surface area contributed by atoms with Crippen LogP contribution in [0.5, 0.6) is 0 Å². The Hall–Kier alpha value is -1.10. The number of ether oxygens (including phenoxy) is 2. The molecule has 2 fully saturated rings. The quantitative estimate of drug-likeness (QED) is 0.920. The third-order valence-corrected chi connectivity index (χ3v) is 6.00. The molecule has 3 aliphatic rings. The van der Waals surface area contributed by atoms with Gasteiger partial charge < -0.3 is 19.7 Å². The van der Waals surface area contributed by atoms with Crippen molar-refractivity contribution in [3.8, 4) is 0 Å². The van der Waals surface area contributed by atoms with E-state index in [1.165, 1.54) is 37.8 Å². The molecule has 4 rings (SSSR count). The van der Waals surface area contributed by atoms with E-state index >= 15 is 0 Å². The lowest BCUT2D eigenvalue weighted by molar-refractivity contribution is -0.0526. The van der Waals surface area contributed by atoms with Gasteiger partial charge in [-0.15, -0.1) is 0 Å². The van der Waals surface area contributed by atoms with Crippen molar-refractivity contribution in [1.82, 2.24) is 5.32 Å². The summed E-state index contributed by atoms with van der Waals surface area (Å²) in [5.74, 6) is 0. The molecule has 4 heteroatoms. The van der Waals surface area contributed by atoms with Crippen LogP contribution in [0.2, 0.25) is 0 Å². The van der Waals surface area contributed by atoms with Crippen LogP contribution >= 0.6 is 0 Å². The Kier molecular flexibility index (Phi) is 5.06. The number of aryl methyl sites for hydroxylation is 2. The molecule has 0 radical (unpaired) electrons. The molecule has 0 aromatic heterocycles. The molecule has 1 aromatic carbocycles. The van der Waals surface area contributed by atoms with Gasteiger partial charge in [0.2, 0.25) is 0 Å². The minimum atomic E-state index is 0.202. The average Bonchev–Trinajstić information content (AvgIpc) is 3.10. The van der Waals surface area contributed by atoms with Crippen LogP contribution < -0.4 is 10.2 Å². The summed E-state index contributed by atoms with van der Waals surface area (Å²) in [6, 6.07) is 8.18. The van der Waals surface area contributed by atoms with Gasteiger partial charge >= 0.3 is 0 Å². The number of piperidine rings is 1. The third-order valence-electron chi connectivity index (χ3n) is 6.00. The molecule has 1 aliphatic carbocycles. The van der Waals surface area contributed by atoms with Crippen molar-refractivity contribution in [1.29, 1.82) is 0 Å². The first-order valence-corrected chi connectivity index (χ1v) is 9.57. The zero-order valence-corrected chi connectivity index (χ0v) is 14.8. The first-order valence-electron chi connectivity index (χ1n) is 9.57. The first kappa shape index (κ1) is 16.4. The summed E-state index contributed by atoms with van der Waals surface area (Å²) in [7, 11) is 1.80. The third kappa shape index (κ3) is 3.46. The van der Waals surface area contributed by atoms with E-state index in [1.54, 1.807) is 18.2 Å². The van der Waals surface area contributed by atoms with E-state index in [0.717, 1.165) is 32.7 Å². The number of anilines is 1. The fourth-order valence-electron chi connectivity index (χ4n) is 4.50. The van der Waals surface area contributed by atoms with Crippen molar-refractivity contribution < 1.29 is 9.47 Å². The van der Waals surface area contributed by atoms with Crippen LogP contribution in [-0.2, 0) is 22.3 Å². The second kappa shape index (κ2) is 7.42. The van der Waals surface area contributed by atoms with Gasteiger partial charge in [0.25, 0.3) is 0 Å². The maximum absolute atomic E-state index is 5.58. The zero-order valence-electron chi connectivity index (χ0n) is 14.8. The molecule has 0 saturated carbocycles. The summed E-state index contributed by atoms with van der Waals surface area (Å²) >= 11 is 0. The lowest BCUT2D eigenvalue weighted by atomic mass is 9.99. The lowest BCUT2D eigenvalue weighted by Gasteiger charge is -2.39. The van der Waals surface area contributed by atoms with Crippen molar-refractivity contribution >= 4 is 5.69 Å². The van der Waals surface area contributed by atoms with Crippen molar-refractivity contribution in [3.63, 3.8) is 0 Å². The van der Waals surface area contributed by atoms with E-state index in [2.05, 4.69) is 28.4 Å². The highest BCUT2D eigenvalue weighted by molar-refractivity contribution is 5.52. The van der Waals surface area contributed by atoms with E-state index < -0.39 is 0 Å². The molecule has 2 heterocycles. The fourth-order valence-corrected chi connectivity index (χ4v) is 4.50. The predicted octanol–water partition coefficient (Wildman–Crippen LogP) is 2.54. The molecule has 1 N–H and O–H groups in total. The molecular formula is C20H30N2O2. The summed E-state index contributed by atoms with van der Waals surface area (Å²) in [5, 5.41) is 3.84. The topological polar surface area (TPSA) is 33.7 Å². The van der Waals surface area contributed by atoms with Crippen LogP contribution in [0.25, 0.3) is 0 Å². The highest BCUT2D eigenvalue weighted by atomic mass is 16.5. The van der Waals surface area contributed by atoms with Gasteiger partial charge in [0.15, 0.2) is 0 Å². The Morgan fingerprint density at radius 3 is 2.79 bits per heavy atom. The number of fused-ring (bicyclic) bond motifs is 1. The maximum atomic E-state index is 5.58. The van der Waals surface area contributed by atoms with E-state index in [0.29, 0.717) is 12.1 Å². The summed E-state index contributed by atoms with van der Waals surface area (Å²) in [6.45, 7) is 3.88. The van der Waals surface area contributed by atoms with Gasteiger partial charge in [-0.05, 0) is 61.8 Å². The van der Waals surface area contributed by atoms with Gasteiger partial charge in [-0.25, -0.2) is 0 Å². The number of rotatable bonds is 4. The molecular weight excluding hydrogens is 300 g/mol. The Balaban J connectivity index is 1.32. The number of hydrogen-bond acceptors (Lipinski definition) is 4. The molecule has 132 valence electrons. The van der Waals surface area contributed by atoms with Gasteiger partial charge in [0, 0.05) is 44.6 Å². The highest BCUT2D eigenvalue weighted by Crippen LogP contribution is 2.28. The Morgan fingerprint density at radius 1 is 1.12 bits per heavy atom. The Morgan fingerprint density at radius 2 is 1.96 bits per heavy atom. The first-order chi connectivity index (χ1) is 11.8. The average molecular weight is 330 g/mol. The van der Waals surface area contributed by atoms with Crippen LogP contribution in [0.3, 0.4) is 0 Å². The number of benzene rings is 1. The molecule has 4 nitrogen and oxygen atoms in total. The Bertz CT molecular complexity index is 555. The van der Waals surface area contributed by atoms with Crippen molar-refractivity contribution in [3.05, 3.63) is 29.3 Å². The van der Waals surface area contributed by atoms with Gasteiger partial charge in [-0.2, -0.15) is 0 Å². The summed E-state index contributed by atoms with van der Waals surface area (Å²) in [4.78, 5) is 2.56. The lowest BCUT2D eigenvalue weighted by Crippen LogP contribution is -2.53. The highest BCUT2D eigenvalue weighted by Gasteiger charge is 2.29. The summed E-state index contributed by atoms with van der Waals surface area (Å²) in [5.41, 5.74) is 4.58. The second-order valence-corrected chi connectivity index (χ2v) is 7.48. The maximum Gasteiger partial charge on any atom is 0.0958 e. The summed E-state index contributed by atoms with van der Waals surface area (Å²) in [6.07, 6.45) is 7.56. The van der Waals surface area contributed by atoms with E-state index in [-0.39, 0.29) is 6.10 Å². The summed E-state index contributed by atoms with van der Waals surface area (Å²) < 4.78 is 11.1. The van der Waals surface area contributed by atoms with Crippen LogP contribution in [0.15, 0.2) is 18.2 Å². The molecule has 2 saturated heterocycles. The van der Waals surface area contributed by atoms with E-state index in [4.69, 9.17) is 9.47 Å². The van der Waals surface area contributed by atoms with Crippen LogP contribution in [0.4, 0.5) is 5.69 Å². The van der Waals surface area contributed by atoms with Crippen molar-refractivity contribution in [2.45, 2.75) is 56.7 Å². The number of nitrogens with one attached hydrogen (secondary N) is 1. The van der Waals surface area contributed by atoms with Gasteiger partial charge in [-0.3, -0.25) is 0 Å². The second-order valence-electron chi connectivity index (χ2n) is 7.48. The van der Waals surface area contributed by atoms with Gasteiger partial charge in [0.1, 0.15) is 0 Å². The van der Waals surface area contributed by atoms with Gasteiger partial charge in [0.05, 0.1) is 12.7 Å². The van der Waals surface area contributed by atoms with Crippen molar-refractivity contribution in [2.75, 3.05) is 38.3 Å². The number of hydrogen-bond donors (Lipinski definition) is 1. The normalized spacial score (nSPS) is 28.1. The number of nitrogens with zero attached hydrogens (tertiary/aromatic N) is 1. The van der Waals surface area contributed by atoms with Crippen LogP contribution in [0, 0.1) is 0 Å². The van der Waals surface area contributed by atoms with Crippen molar-refractivity contribution in [2.24, 2.45) is 0 Å².